The van der Waals surface area contributed by atoms with Crippen LogP contribution in [0, 0.1) is 13.8 Å². The van der Waals surface area contributed by atoms with E-state index in [1.54, 1.807) is 0 Å². The zero-order valence-electron chi connectivity index (χ0n) is 77.5. The van der Waals surface area contributed by atoms with Gasteiger partial charge in [0.15, 0.2) is 0 Å². The van der Waals surface area contributed by atoms with Gasteiger partial charge in [-0.2, -0.15) is 0 Å². The van der Waals surface area contributed by atoms with Gasteiger partial charge in [0, 0.05) is 73.0 Å². The van der Waals surface area contributed by atoms with Crippen molar-refractivity contribution < 1.29 is 0 Å². The largest absolute Gasteiger partial charge is 0.355 e. The van der Waals surface area contributed by atoms with E-state index in [2.05, 4.69) is 469 Å². The van der Waals surface area contributed by atoms with Crippen LogP contribution in [0.1, 0.15) is 272 Å². The van der Waals surface area contributed by atoms with E-state index in [0.717, 1.165) is 62.5 Å². The van der Waals surface area contributed by atoms with Gasteiger partial charge in [-0.15, -0.1) is 0 Å². The van der Waals surface area contributed by atoms with Crippen molar-refractivity contribution in [3.05, 3.63) is 339 Å². The zero-order chi connectivity index (χ0) is 86.5. The summed E-state index contributed by atoms with van der Waals surface area (Å²) in [7, 11) is 0. The molecule has 0 radical (unpaired) electrons. The molecule has 0 atom stereocenters. The van der Waals surface area contributed by atoms with Crippen LogP contribution < -0.4 is 20.0 Å². The van der Waals surface area contributed by atoms with Gasteiger partial charge in [-0.25, -0.2) is 0 Å². The topological polar surface area (TPSA) is 21.8 Å². The molecule has 1 N–H and O–H groups in total. The third kappa shape index (κ3) is 20.4. The highest BCUT2D eigenvalue weighted by atomic mass is 35.5. The first-order valence-corrected chi connectivity index (χ1v) is 44.0. The number of hydrogen-bond donors (Lipinski definition) is 1. The molecule has 0 saturated carbocycles. The summed E-state index contributed by atoms with van der Waals surface area (Å²) in [4.78, 5) is 7.25. The third-order valence-electron chi connectivity index (χ3n) is 25.2. The summed E-state index contributed by atoms with van der Waals surface area (Å²) in [5.74, 6) is 0. The number of benzene rings is 12. The molecule has 14 rings (SSSR count). The second kappa shape index (κ2) is 33.6. The van der Waals surface area contributed by atoms with Crippen LogP contribution in [0.25, 0.3) is 22.3 Å². The molecule has 2 aliphatic carbocycles. The molecule has 12 aromatic carbocycles. The van der Waals surface area contributed by atoms with E-state index in [4.69, 9.17) is 11.6 Å². The number of aryl methyl sites for hydroxylation is 2. The number of halogens is 1. The molecule has 119 heavy (non-hydrogen) atoms. The Hall–Kier alpha value is -9.87. The van der Waals surface area contributed by atoms with Gasteiger partial charge in [0.25, 0.3) is 0 Å². The van der Waals surface area contributed by atoms with Gasteiger partial charge in [0.1, 0.15) is 0 Å². The molecule has 4 nitrogen and oxygen atoms in total. The van der Waals surface area contributed by atoms with Crippen molar-refractivity contribution in [3.8, 4) is 22.3 Å². The Morgan fingerprint density at radius 2 is 0.571 bits per heavy atom. The fraction of sp³-hybridized carbons (Fsp3) is 0.368. The third-order valence-corrected chi connectivity index (χ3v) is 25.4. The molecule has 0 spiro atoms. The summed E-state index contributed by atoms with van der Waals surface area (Å²) in [5, 5.41) is 4.52. The highest BCUT2D eigenvalue weighted by molar-refractivity contribution is 6.31. The van der Waals surface area contributed by atoms with Crippen LogP contribution in [0.3, 0.4) is 0 Å². The lowest BCUT2D eigenvalue weighted by Crippen LogP contribution is -2.34. The van der Waals surface area contributed by atoms with Crippen LogP contribution in [0.2, 0.25) is 5.02 Å². The van der Waals surface area contributed by atoms with E-state index in [1.165, 1.54) is 120 Å². The van der Waals surface area contributed by atoms with Gasteiger partial charge < -0.3 is 20.0 Å². The van der Waals surface area contributed by atoms with Gasteiger partial charge in [-0.05, 0) is 305 Å². The van der Waals surface area contributed by atoms with Crippen LogP contribution in [0.15, 0.2) is 267 Å². The van der Waals surface area contributed by atoms with Crippen LogP contribution in [0.4, 0.5) is 62.6 Å². The maximum absolute atomic E-state index is 6.41. The molecule has 620 valence electrons. The Labute approximate surface area is 724 Å². The Kier molecular flexibility index (Phi) is 25.0. The molecule has 0 fully saturated rings. The SMILES string of the molecule is CC(C)(C)c1ccc(Nc2ccc3c(c2)C(C)(C)CCC3(C)C)c(-c2ccccc2)c1.Cc1cc(Cl)cc(N(c2ccc(C(C)(C)C)cc2)c2ccc(C(C)(C)C)cc2)c1.Cc1cc(N(c2ccc(C(C)(C)C)cc2)c2ccc(C(C)(C)C)cc2)cc(N(c2ccc3c(c2)C(C)(C)CCC3(C)C)c2ccc(C(C)(C)C)cc2-c2ccccc2)c1. The van der Waals surface area contributed by atoms with Crippen LogP contribution >= 0.6 is 11.6 Å². The zero-order valence-corrected chi connectivity index (χ0v) is 78.2. The molecule has 0 aliphatic heterocycles. The molecular formula is C114H137ClN4. The summed E-state index contributed by atoms with van der Waals surface area (Å²) in [6.45, 7) is 64.5. The lowest BCUT2D eigenvalue weighted by molar-refractivity contribution is 0.332. The van der Waals surface area contributed by atoms with Crippen molar-refractivity contribution in [1.82, 2.24) is 0 Å². The van der Waals surface area contributed by atoms with Crippen molar-refractivity contribution >= 4 is 74.2 Å². The monoisotopic (exact) mass is 1600 g/mol. The van der Waals surface area contributed by atoms with Crippen molar-refractivity contribution in [2.45, 2.75) is 274 Å². The predicted molar refractivity (Wildman–Crippen MR) is 521 cm³/mol. The lowest BCUT2D eigenvalue weighted by atomic mass is 9.63. The Morgan fingerprint density at radius 1 is 0.261 bits per heavy atom. The first kappa shape index (κ1) is 88.4. The van der Waals surface area contributed by atoms with E-state index < -0.39 is 0 Å². The molecule has 5 heteroatoms. The van der Waals surface area contributed by atoms with Crippen molar-refractivity contribution in [2.75, 3.05) is 20.0 Å². The van der Waals surface area contributed by atoms with E-state index in [0.29, 0.717) is 0 Å². The van der Waals surface area contributed by atoms with Gasteiger partial charge in [-0.1, -0.05) is 325 Å². The molecule has 0 amide bonds. The predicted octanol–water partition coefficient (Wildman–Crippen LogP) is 34.3. The van der Waals surface area contributed by atoms with Crippen molar-refractivity contribution in [3.63, 3.8) is 0 Å². The van der Waals surface area contributed by atoms with Gasteiger partial charge in [0.2, 0.25) is 0 Å². The summed E-state index contributed by atoms with van der Waals surface area (Å²) in [6.07, 6.45) is 4.82. The Balaban J connectivity index is 0.000000181. The summed E-state index contributed by atoms with van der Waals surface area (Å²) >= 11 is 6.41. The molecule has 12 aromatic rings. The summed E-state index contributed by atoms with van der Waals surface area (Å²) < 4.78 is 0. The fourth-order valence-corrected chi connectivity index (χ4v) is 17.5. The van der Waals surface area contributed by atoms with Crippen LogP contribution in [-0.4, -0.2) is 0 Å². The molecule has 0 unspecified atom stereocenters. The first-order valence-electron chi connectivity index (χ1n) is 43.6. The summed E-state index contributed by atoms with van der Waals surface area (Å²) in [5.41, 5.74) is 34.9. The molecule has 0 aromatic heterocycles. The van der Waals surface area contributed by atoms with Crippen molar-refractivity contribution in [1.29, 1.82) is 0 Å². The quantitative estimate of drug-likeness (QED) is 0.124. The number of nitrogens with one attached hydrogen (secondary N) is 1. The van der Waals surface area contributed by atoms with Gasteiger partial charge in [0.05, 0.1) is 5.69 Å². The number of anilines is 11. The maximum atomic E-state index is 6.41. The van der Waals surface area contributed by atoms with E-state index in [1.807, 2.05) is 12.1 Å². The van der Waals surface area contributed by atoms with Gasteiger partial charge >= 0.3 is 0 Å². The fourth-order valence-electron chi connectivity index (χ4n) is 17.2. The number of hydrogen-bond acceptors (Lipinski definition) is 4. The summed E-state index contributed by atoms with van der Waals surface area (Å²) in [6, 6.07) is 99.4. The smallest absolute Gasteiger partial charge is 0.0540 e. The lowest BCUT2D eigenvalue weighted by Gasteiger charge is -2.42. The average molecular weight is 1600 g/mol. The van der Waals surface area contributed by atoms with E-state index >= 15 is 0 Å². The standard InChI is InChI=1S/C57H68N2.C30H37N.C27H32ClN/c1-39-34-47(58(44-25-20-41(21-26-44)53(2,3)4)45-27-22-42(23-28-45)54(5,6)7)37-48(35-39)59(46-29-30-50-51(38-46)57(13,14)33-32-56(50,11)12)52-31-24-43(55(8,9)10)36-49(52)40-18-16-15-17-19-40;1-28(2,3)22-13-16-27(24(19-22)21-11-9-8-10-12-21)31-23-14-15-25-26(20-23)30(6,7)18-17-29(25,4)5;1-19-16-22(28)18-25(17-19)29(23-12-8-20(9-13-23)26(2,3)4)24-14-10-21(11-15-24)27(5,6)7/h15-31,34-38H,32-33H2,1-14H3;8-16,19-20,31H,17-18H2,1-7H3;8-18H,1-7H3. The minimum Gasteiger partial charge on any atom is -0.355 e. The normalized spacial score (nSPS) is 14.9. The average Bonchev–Trinajstić information content (AvgIpc) is 0.695. The minimum atomic E-state index is -0.00357. The minimum absolute atomic E-state index is 0.00357. The van der Waals surface area contributed by atoms with E-state index in [9.17, 15) is 0 Å². The molecular weight excluding hydrogens is 1460 g/mol. The van der Waals surface area contributed by atoms with Crippen LogP contribution in [0.5, 0.6) is 0 Å². The van der Waals surface area contributed by atoms with Gasteiger partial charge in [-0.3, -0.25) is 0 Å². The second-order valence-electron chi connectivity index (χ2n) is 43.1. The highest BCUT2D eigenvalue weighted by Gasteiger charge is 2.40. The molecule has 0 bridgehead atoms. The second-order valence-corrected chi connectivity index (χ2v) is 43.5. The highest BCUT2D eigenvalue weighted by Crippen LogP contribution is 2.53. The maximum Gasteiger partial charge on any atom is 0.0540 e. The first-order chi connectivity index (χ1) is 55.4. The number of nitrogens with zero attached hydrogens (tertiary/aromatic N) is 3. The Morgan fingerprint density at radius 3 is 0.958 bits per heavy atom. The number of fused-ring (bicyclic) bond motifs is 2. The molecule has 0 heterocycles. The Bertz CT molecular complexity index is 5380. The van der Waals surface area contributed by atoms with E-state index in [-0.39, 0.29) is 54.1 Å². The number of rotatable bonds is 13. The molecule has 0 saturated heterocycles. The molecule has 2 aliphatic rings. The van der Waals surface area contributed by atoms with Crippen molar-refractivity contribution in [2.24, 2.45) is 0 Å². The van der Waals surface area contributed by atoms with Crippen LogP contribution in [-0.2, 0) is 54.1 Å².